The van der Waals surface area contributed by atoms with Gasteiger partial charge in [0.2, 0.25) is 0 Å². The molecule has 3 rings (SSSR count). The van der Waals surface area contributed by atoms with Crippen molar-refractivity contribution in [2.45, 2.75) is 56.8 Å². The SMILES string of the molecule is CC1(C)CC(O)(CC2OCCc3ccccc32)CCO1. The molecule has 3 nitrogen and oxygen atoms in total. The normalized spacial score (nSPS) is 32.6. The molecule has 2 atom stereocenters. The van der Waals surface area contributed by atoms with Crippen LogP contribution >= 0.6 is 0 Å². The molecule has 3 heteroatoms. The van der Waals surface area contributed by atoms with Crippen LogP contribution in [0.15, 0.2) is 24.3 Å². The van der Waals surface area contributed by atoms with Crippen LogP contribution in [-0.2, 0) is 15.9 Å². The molecule has 0 radical (unpaired) electrons. The van der Waals surface area contributed by atoms with Crippen molar-refractivity contribution < 1.29 is 14.6 Å². The zero-order valence-corrected chi connectivity index (χ0v) is 12.4. The van der Waals surface area contributed by atoms with E-state index in [1.54, 1.807) is 0 Å². The molecule has 1 aromatic carbocycles. The van der Waals surface area contributed by atoms with E-state index >= 15 is 0 Å². The summed E-state index contributed by atoms with van der Waals surface area (Å²) in [6.07, 6.45) is 3.01. The second kappa shape index (κ2) is 5.14. The zero-order valence-electron chi connectivity index (χ0n) is 12.4. The molecule has 2 aliphatic rings. The molecule has 2 aliphatic heterocycles. The van der Waals surface area contributed by atoms with E-state index in [-0.39, 0.29) is 11.7 Å². The summed E-state index contributed by atoms with van der Waals surface area (Å²) in [5, 5.41) is 10.9. The van der Waals surface area contributed by atoms with Crippen LogP contribution in [0.5, 0.6) is 0 Å². The third-order valence-corrected chi connectivity index (χ3v) is 4.47. The van der Waals surface area contributed by atoms with Crippen LogP contribution in [-0.4, -0.2) is 29.5 Å². The monoisotopic (exact) mass is 276 g/mol. The van der Waals surface area contributed by atoms with Crippen molar-refractivity contribution in [3.05, 3.63) is 35.4 Å². The predicted octanol–water partition coefficient (Wildman–Crippen LogP) is 3.01. The van der Waals surface area contributed by atoms with Crippen molar-refractivity contribution in [1.82, 2.24) is 0 Å². The van der Waals surface area contributed by atoms with Crippen molar-refractivity contribution in [3.63, 3.8) is 0 Å². The standard InChI is InChI=1S/C17H24O3/c1-16(2)12-17(18,8-10-20-16)11-15-14-6-4-3-5-13(14)7-9-19-15/h3-6,15,18H,7-12H2,1-2H3. The molecule has 0 spiro atoms. The summed E-state index contributed by atoms with van der Waals surface area (Å²) in [5.74, 6) is 0. The summed E-state index contributed by atoms with van der Waals surface area (Å²) < 4.78 is 11.7. The van der Waals surface area contributed by atoms with Crippen LogP contribution < -0.4 is 0 Å². The molecule has 1 saturated heterocycles. The van der Waals surface area contributed by atoms with Gasteiger partial charge in [-0.1, -0.05) is 24.3 Å². The van der Waals surface area contributed by atoms with Crippen LogP contribution in [0.25, 0.3) is 0 Å². The number of hydrogen-bond acceptors (Lipinski definition) is 3. The van der Waals surface area contributed by atoms with Gasteiger partial charge in [0.15, 0.2) is 0 Å². The molecule has 0 saturated carbocycles. The molecular formula is C17H24O3. The Labute approximate surface area is 120 Å². The van der Waals surface area contributed by atoms with Gasteiger partial charge in [0.1, 0.15) is 0 Å². The van der Waals surface area contributed by atoms with Gasteiger partial charge in [-0.05, 0) is 37.8 Å². The van der Waals surface area contributed by atoms with Crippen LogP contribution in [0.2, 0.25) is 0 Å². The minimum Gasteiger partial charge on any atom is -0.390 e. The lowest BCUT2D eigenvalue weighted by Crippen LogP contribution is -2.47. The Balaban J connectivity index is 1.78. The van der Waals surface area contributed by atoms with Crippen molar-refractivity contribution in [2.75, 3.05) is 13.2 Å². The largest absolute Gasteiger partial charge is 0.390 e. The highest BCUT2D eigenvalue weighted by Gasteiger charge is 2.41. The smallest absolute Gasteiger partial charge is 0.0855 e. The van der Waals surface area contributed by atoms with E-state index in [2.05, 4.69) is 24.3 Å². The Morgan fingerprint density at radius 1 is 1.25 bits per heavy atom. The van der Waals surface area contributed by atoms with Crippen LogP contribution in [0.1, 0.15) is 50.3 Å². The lowest BCUT2D eigenvalue weighted by atomic mass is 9.78. The third kappa shape index (κ3) is 2.90. The van der Waals surface area contributed by atoms with Crippen molar-refractivity contribution >= 4 is 0 Å². The van der Waals surface area contributed by atoms with Crippen molar-refractivity contribution in [2.24, 2.45) is 0 Å². The van der Waals surface area contributed by atoms with Crippen LogP contribution in [0.4, 0.5) is 0 Å². The van der Waals surface area contributed by atoms with E-state index in [0.717, 1.165) is 13.0 Å². The average molecular weight is 276 g/mol. The number of ether oxygens (including phenoxy) is 2. The molecule has 0 bridgehead atoms. The number of fused-ring (bicyclic) bond motifs is 1. The first kappa shape index (κ1) is 14.1. The zero-order chi connectivity index (χ0) is 14.2. The lowest BCUT2D eigenvalue weighted by molar-refractivity contribution is -0.160. The minimum absolute atomic E-state index is 0.0128. The lowest BCUT2D eigenvalue weighted by Gasteiger charge is -2.43. The van der Waals surface area contributed by atoms with Crippen LogP contribution in [0.3, 0.4) is 0 Å². The van der Waals surface area contributed by atoms with Gasteiger partial charge in [-0.15, -0.1) is 0 Å². The Kier molecular flexibility index (Phi) is 3.61. The number of aliphatic hydroxyl groups is 1. The van der Waals surface area contributed by atoms with Gasteiger partial charge in [-0.2, -0.15) is 0 Å². The highest BCUT2D eigenvalue weighted by Crippen LogP contribution is 2.40. The molecule has 1 N–H and O–H groups in total. The van der Waals surface area contributed by atoms with E-state index < -0.39 is 5.60 Å². The van der Waals surface area contributed by atoms with E-state index in [9.17, 15) is 5.11 Å². The molecule has 20 heavy (non-hydrogen) atoms. The molecule has 2 unspecified atom stereocenters. The third-order valence-electron chi connectivity index (χ3n) is 4.47. The number of rotatable bonds is 2. The average Bonchev–Trinajstić information content (AvgIpc) is 2.37. The summed E-state index contributed by atoms with van der Waals surface area (Å²) in [4.78, 5) is 0. The molecule has 0 amide bonds. The number of hydrogen-bond donors (Lipinski definition) is 1. The van der Waals surface area contributed by atoms with E-state index in [1.807, 2.05) is 13.8 Å². The second-order valence-electron chi connectivity index (χ2n) is 6.77. The summed E-state index contributed by atoms with van der Waals surface area (Å²) in [5.41, 5.74) is 1.67. The maximum Gasteiger partial charge on any atom is 0.0855 e. The van der Waals surface area contributed by atoms with E-state index in [1.165, 1.54) is 11.1 Å². The van der Waals surface area contributed by atoms with E-state index in [4.69, 9.17) is 9.47 Å². The fourth-order valence-electron chi connectivity index (χ4n) is 3.61. The molecule has 1 fully saturated rings. The minimum atomic E-state index is -0.684. The van der Waals surface area contributed by atoms with Gasteiger partial charge in [0.25, 0.3) is 0 Å². The molecule has 0 aromatic heterocycles. The van der Waals surface area contributed by atoms with Gasteiger partial charge < -0.3 is 14.6 Å². The topological polar surface area (TPSA) is 38.7 Å². The highest BCUT2D eigenvalue weighted by molar-refractivity contribution is 5.31. The fraction of sp³-hybridized carbons (Fsp3) is 0.647. The maximum atomic E-state index is 10.9. The summed E-state index contributed by atoms with van der Waals surface area (Å²) in [7, 11) is 0. The maximum absolute atomic E-state index is 10.9. The fourth-order valence-corrected chi connectivity index (χ4v) is 3.61. The van der Waals surface area contributed by atoms with E-state index in [0.29, 0.717) is 25.9 Å². The van der Waals surface area contributed by atoms with Gasteiger partial charge in [-0.25, -0.2) is 0 Å². The first-order valence-electron chi connectivity index (χ1n) is 7.53. The predicted molar refractivity (Wildman–Crippen MR) is 77.7 cm³/mol. The molecule has 110 valence electrons. The highest BCUT2D eigenvalue weighted by atomic mass is 16.5. The van der Waals surface area contributed by atoms with Gasteiger partial charge >= 0.3 is 0 Å². The second-order valence-corrected chi connectivity index (χ2v) is 6.77. The molecular weight excluding hydrogens is 252 g/mol. The Morgan fingerprint density at radius 3 is 2.85 bits per heavy atom. The first-order chi connectivity index (χ1) is 9.48. The Morgan fingerprint density at radius 2 is 2.05 bits per heavy atom. The van der Waals surface area contributed by atoms with Crippen LogP contribution in [0, 0.1) is 0 Å². The Hall–Kier alpha value is -0.900. The quantitative estimate of drug-likeness (QED) is 0.902. The van der Waals surface area contributed by atoms with Crippen molar-refractivity contribution in [3.8, 4) is 0 Å². The summed E-state index contributed by atoms with van der Waals surface area (Å²) in [6, 6.07) is 8.43. The van der Waals surface area contributed by atoms with Gasteiger partial charge in [0.05, 0.1) is 30.5 Å². The number of benzene rings is 1. The first-order valence-corrected chi connectivity index (χ1v) is 7.53. The van der Waals surface area contributed by atoms with Crippen molar-refractivity contribution in [1.29, 1.82) is 0 Å². The van der Waals surface area contributed by atoms with Gasteiger partial charge in [0, 0.05) is 12.8 Å². The molecule has 0 aliphatic carbocycles. The summed E-state index contributed by atoms with van der Waals surface area (Å²) in [6.45, 7) is 5.47. The van der Waals surface area contributed by atoms with Gasteiger partial charge in [-0.3, -0.25) is 0 Å². The molecule has 1 aromatic rings. The Bertz CT molecular complexity index is 483. The molecule has 2 heterocycles. The summed E-state index contributed by atoms with van der Waals surface area (Å²) >= 11 is 0.